The molecule has 182 valence electrons. The molecule has 3 aromatic heterocycles. The smallest absolute Gasteiger partial charge is 0.198 e. The van der Waals surface area contributed by atoms with Gasteiger partial charge in [-0.15, -0.1) is 4.91 Å². The molecule has 0 radical (unpaired) electrons. The summed E-state index contributed by atoms with van der Waals surface area (Å²) in [7, 11) is 0.862. The molecule has 0 spiro atoms. The van der Waals surface area contributed by atoms with Crippen molar-refractivity contribution in [1.29, 1.82) is 0 Å². The number of hydrogen-bond donors (Lipinski definition) is 1. The van der Waals surface area contributed by atoms with Crippen LogP contribution in [0.3, 0.4) is 0 Å². The number of nitrogens with zero attached hydrogens (tertiary/aromatic N) is 5. The molecule has 0 aromatic carbocycles. The van der Waals surface area contributed by atoms with Gasteiger partial charge in [0.2, 0.25) is 0 Å². The largest absolute Gasteiger partial charge is 0.492 e. The number of carbonyl (C=O) groups is 1. The van der Waals surface area contributed by atoms with Gasteiger partial charge in [-0.1, -0.05) is 6.92 Å². The van der Waals surface area contributed by atoms with Crippen LogP contribution in [0.25, 0.3) is 11.3 Å². The van der Waals surface area contributed by atoms with E-state index >= 15 is 0 Å². The number of aromatic nitrogens is 4. The molecule has 0 atom stereocenters. The Morgan fingerprint density at radius 1 is 1.23 bits per heavy atom. The molecule has 0 bridgehead atoms. The predicted molar refractivity (Wildman–Crippen MR) is 134 cm³/mol. The summed E-state index contributed by atoms with van der Waals surface area (Å²) in [6, 6.07) is 5.12. The molecule has 3 heterocycles. The van der Waals surface area contributed by atoms with Crippen molar-refractivity contribution in [2.45, 2.75) is 50.3 Å². The van der Waals surface area contributed by atoms with Crippen LogP contribution in [0.5, 0.6) is 5.75 Å². The van der Waals surface area contributed by atoms with Crippen LogP contribution in [0.2, 0.25) is 0 Å². The van der Waals surface area contributed by atoms with Gasteiger partial charge in [0.1, 0.15) is 7.14 Å². The minimum Gasteiger partial charge on any atom is -0.492 e. The van der Waals surface area contributed by atoms with E-state index in [0.29, 0.717) is 34.1 Å². The maximum absolute atomic E-state index is 14.1. The highest BCUT2D eigenvalue weighted by molar-refractivity contribution is 7.73. The fraction of sp³-hybridized carbons (Fsp3) is 0.417. The van der Waals surface area contributed by atoms with Crippen LogP contribution in [0, 0.1) is 4.91 Å². The van der Waals surface area contributed by atoms with E-state index in [2.05, 4.69) is 20.5 Å². The Labute approximate surface area is 202 Å². The zero-order valence-corrected chi connectivity index (χ0v) is 20.8. The molecule has 0 saturated heterocycles. The molecule has 0 aliphatic heterocycles. The molecule has 5 rings (SSSR count). The van der Waals surface area contributed by atoms with Crippen LogP contribution in [-0.2, 0) is 11.6 Å². The zero-order valence-electron chi connectivity index (χ0n) is 19.9. The van der Waals surface area contributed by atoms with Crippen molar-refractivity contribution in [3.63, 3.8) is 0 Å². The van der Waals surface area contributed by atoms with E-state index in [9.17, 15) is 14.3 Å². The summed E-state index contributed by atoms with van der Waals surface area (Å²) < 4.78 is 21.5. The number of Topliss-reactive ketones (excluding diaryl/α,β-unsaturated/α-hetero) is 1. The number of carbonyl (C=O) groups excluding carboxylic acids is 1. The SMILES string of the molecule is CCC(=O)c1cnc(N=O)cc1Nc1nccc(-c2cc(P(=O)(C3CC3)C3CC3)n(C)n2)c1OC. The fourth-order valence-electron chi connectivity index (χ4n) is 4.59. The quantitative estimate of drug-likeness (QED) is 0.239. The topological polar surface area (TPSA) is 128 Å². The zero-order chi connectivity index (χ0) is 24.7. The summed E-state index contributed by atoms with van der Waals surface area (Å²) in [5.41, 5.74) is 3.37. The number of nitroso groups, excluding NO2 is 1. The lowest BCUT2D eigenvalue weighted by Crippen LogP contribution is -2.20. The van der Waals surface area contributed by atoms with E-state index in [0.717, 1.165) is 31.1 Å². The highest BCUT2D eigenvalue weighted by Crippen LogP contribution is 2.69. The second kappa shape index (κ2) is 9.00. The monoisotopic (exact) mass is 494 g/mol. The van der Waals surface area contributed by atoms with Gasteiger partial charge in [0.25, 0.3) is 0 Å². The normalized spacial score (nSPS) is 15.6. The number of anilines is 2. The molecule has 0 amide bonds. The van der Waals surface area contributed by atoms with Gasteiger partial charge in [-0.25, -0.2) is 9.97 Å². The molecule has 2 aliphatic rings. The van der Waals surface area contributed by atoms with Crippen LogP contribution in [0.4, 0.5) is 17.3 Å². The Balaban J connectivity index is 1.55. The van der Waals surface area contributed by atoms with Crippen LogP contribution < -0.4 is 15.5 Å². The van der Waals surface area contributed by atoms with Crippen molar-refractivity contribution in [2.24, 2.45) is 12.2 Å². The first-order chi connectivity index (χ1) is 16.9. The highest BCUT2D eigenvalue weighted by Gasteiger charge is 2.53. The van der Waals surface area contributed by atoms with Gasteiger partial charge in [0, 0.05) is 48.8 Å². The van der Waals surface area contributed by atoms with Gasteiger partial charge in [0.05, 0.1) is 29.5 Å². The first-order valence-electron chi connectivity index (χ1n) is 11.7. The lowest BCUT2D eigenvalue weighted by atomic mass is 10.1. The van der Waals surface area contributed by atoms with E-state index in [4.69, 9.17) is 9.84 Å². The number of ether oxygens (including phenoxy) is 1. The number of methoxy groups -OCH3 is 1. The van der Waals surface area contributed by atoms with E-state index in [1.807, 2.05) is 13.1 Å². The van der Waals surface area contributed by atoms with Crippen LogP contribution in [0.15, 0.2) is 35.8 Å². The van der Waals surface area contributed by atoms with Crippen LogP contribution in [-0.4, -0.2) is 44.0 Å². The number of pyridine rings is 2. The summed E-state index contributed by atoms with van der Waals surface area (Å²) in [6.07, 6.45) is 7.28. The lowest BCUT2D eigenvalue weighted by molar-refractivity contribution is 0.0988. The molecule has 2 fully saturated rings. The molecule has 0 unspecified atom stereocenters. The summed E-state index contributed by atoms with van der Waals surface area (Å²) in [5.74, 6) is 0.563. The van der Waals surface area contributed by atoms with E-state index < -0.39 is 7.14 Å². The van der Waals surface area contributed by atoms with Crippen molar-refractivity contribution in [3.05, 3.63) is 41.1 Å². The van der Waals surface area contributed by atoms with Gasteiger partial charge in [-0.05, 0) is 43.0 Å². The molecule has 2 saturated carbocycles. The van der Waals surface area contributed by atoms with E-state index in [1.54, 1.807) is 23.9 Å². The Hall–Kier alpha value is -3.39. The Bertz CT molecular complexity index is 1350. The number of aryl methyl sites for hydroxylation is 1. The second-order valence-corrected chi connectivity index (χ2v) is 12.3. The molecule has 2 aliphatic carbocycles. The van der Waals surface area contributed by atoms with Crippen molar-refractivity contribution < 1.29 is 14.1 Å². The molecule has 10 nitrogen and oxygen atoms in total. The minimum absolute atomic E-state index is 0.0550. The van der Waals surface area contributed by atoms with Crippen molar-refractivity contribution in [3.8, 4) is 17.0 Å². The van der Waals surface area contributed by atoms with Gasteiger partial charge in [-0.2, -0.15) is 5.10 Å². The second-order valence-electron chi connectivity index (χ2n) is 9.00. The lowest BCUT2D eigenvalue weighted by Gasteiger charge is -2.17. The first-order valence-corrected chi connectivity index (χ1v) is 13.6. The van der Waals surface area contributed by atoms with Gasteiger partial charge in [0.15, 0.2) is 23.2 Å². The molecular formula is C24H27N6O4P. The number of ketones is 1. The van der Waals surface area contributed by atoms with Gasteiger partial charge >= 0.3 is 0 Å². The Kier molecular flexibility index (Phi) is 6.01. The molecule has 35 heavy (non-hydrogen) atoms. The number of nitrogens with one attached hydrogen (secondary N) is 1. The Morgan fingerprint density at radius 2 is 1.94 bits per heavy atom. The van der Waals surface area contributed by atoms with E-state index in [1.165, 1.54) is 19.4 Å². The fourth-order valence-corrected chi connectivity index (χ4v) is 8.59. The standard InChI is InChI=1S/C24H27N6O4P/c1-4-20(31)17-13-26-21(29-32)11-18(17)27-24-23(34-3)16(9-10-25-24)19-12-22(30(2)28-19)35(33,14-5-6-14)15-7-8-15/h9-15H,4-8H2,1-3H3,(H,25,26,27). The predicted octanol–water partition coefficient (Wildman–Crippen LogP) is 4.93. The summed E-state index contributed by atoms with van der Waals surface area (Å²) in [5, 5.41) is 10.7. The summed E-state index contributed by atoms with van der Waals surface area (Å²) in [4.78, 5) is 31.8. The molecule has 3 aromatic rings. The average Bonchev–Trinajstić information content (AvgIpc) is 3.79. The number of hydrogen-bond acceptors (Lipinski definition) is 9. The van der Waals surface area contributed by atoms with Gasteiger partial charge < -0.3 is 14.6 Å². The van der Waals surface area contributed by atoms with Crippen molar-refractivity contribution in [1.82, 2.24) is 19.7 Å². The maximum Gasteiger partial charge on any atom is 0.198 e. The van der Waals surface area contributed by atoms with Gasteiger partial charge in [-0.3, -0.25) is 9.48 Å². The van der Waals surface area contributed by atoms with E-state index in [-0.39, 0.29) is 29.3 Å². The van der Waals surface area contributed by atoms with Crippen LogP contribution in [0.1, 0.15) is 49.4 Å². The molecular weight excluding hydrogens is 467 g/mol. The number of rotatable bonds is 10. The van der Waals surface area contributed by atoms with Crippen LogP contribution >= 0.6 is 7.14 Å². The third-order valence-electron chi connectivity index (χ3n) is 6.63. The van der Waals surface area contributed by atoms with Crippen molar-refractivity contribution in [2.75, 3.05) is 12.4 Å². The summed E-state index contributed by atoms with van der Waals surface area (Å²) in [6.45, 7) is 1.75. The molecule has 11 heteroatoms. The first kappa shape index (κ1) is 23.4. The average molecular weight is 494 g/mol. The third kappa shape index (κ3) is 4.16. The summed E-state index contributed by atoms with van der Waals surface area (Å²) >= 11 is 0. The minimum atomic E-state index is -2.51. The molecule has 1 N–H and O–H groups in total. The maximum atomic E-state index is 14.1. The highest BCUT2D eigenvalue weighted by atomic mass is 31.2. The Morgan fingerprint density at radius 3 is 2.54 bits per heavy atom. The third-order valence-corrected chi connectivity index (χ3v) is 11.0. The van der Waals surface area contributed by atoms with Crippen molar-refractivity contribution >= 4 is 35.7 Å².